The molecule has 3 N–H and O–H groups in total. The number of para-hydroxylation sites is 1. The predicted octanol–water partition coefficient (Wildman–Crippen LogP) is 5.42. The second-order valence-electron chi connectivity index (χ2n) is 9.66. The first-order chi connectivity index (χ1) is 17.6. The van der Waals surface area contributed by atoms with E-state index in [0.29, 0.717) is 51.6 Å². The molecule has 3 aromatic heterocycles. The molecule has 2 unspecified atom stereocenters. The van der Waals surface area contributed by atoms with E-state index in [1.165, 1.54) is 12.8 Å². The Kier molecular flexibility index (Phi) is 4.86. The maximum Gasteiger partial charge on any atom is 0.255 e. The molecule has 2 fully saturated rings. The zero-order valence-electron chi connectivity index (χ0n) is 19.6. The zero-order chi connectivity index (χ0) is 24.4. The van der Waals surface area contributed by atoms with Crippen molar-refractivity contribution < 1.29 is 14.3 Å². The van der Waals surface area contributed by atoms with Crippen LogP contribution in [0.3, 0.4) is 0 Å². The van der Waals surface area contributed by atoms with Crippen LogP contribution in [-0.2, 0) is 0 Å². The topological polar surface area (TPSA) is 101 Å². The lowest BCUT2D eigenvalue weighted by Crippen LogP contribution is -2.31. The van der Waals surface area contributed by atoms with Gasteiger partial charge in [-0.1, -0.05) is 17.7 Å². The molecular formula is C27H24ClN5O3. The van der Waals surface area contributed by atoms with E-state index in [0.717, 1.165) is 28.9 Å². The van der Waals surface area contributed by atoms with Crippen LogP contribution in [0.2, 0.25) is 5.02 Å². The molecule has 8 nitrogen and oxygen atoms in total. The number of anilines is 2. The molecule has 0 spiro atoms. The first kappa shape index (κ1) is 21.5. The number of amides is 1. The van der Waals surface area contributed by atoms with Crippen LogP contribution in [-0.4, -0.2) is 40.6 Å². The molecule has 3 aliphatic rings. The lowest BCUT2D eigenvalue weighted by molar-refractivity contribution is 0.0944. The Labute approximate surface area is 212 Å². The van der Waals surface area contributed by atoms with E-state index < -0.39 is 0 Å². The summed E-state index contributed by atoms with van der Waals surface area (Å²) < 4.78 is 11.5. The van der Waals surface area contributed by atoms with Crippen molar-refractivity contribution in [2.24, 2.45) is 5.92 Å². The summed E-state index contributed by atoms with van der Waals surface area (Å²) in [5.41, 5.74) is 5.93. The highest BCUT2D eigenvalue weighted by Crippen LogP contribution is 2.51. The fraction of sp³-hybridized carbons (Fsp3) is 0.296. The molecule has 182 valence electrons. The molecule has 2 atom stereocenters. The summed E-state index contributed by atoms with van der Waals surface area (Å²) in [5.74, 6) is 1.88. The number of fused-ring (bicyclic) bond motifs is 4. The van der Waals surface area contributed by atoms with Gasteiger partial charge in [0, 0.05) is 35.5 Å². The van der Waals surface area contributed by atoms with E-state index >= 15 is 0 Å². The summed E-state index contributed by atoms with van der Waals surface area (Å²) in [5, 5.41) is 7.05. The standard InChI is InChI=1S/C27H24ClN5O3/c1-35-26-16(28)3-2-4-18(26)30-25-21-23(15-11-19(15)31-27(21)34)33-24(25)14-9-10-29-17-7-8-20(32-22(14)17)36-12-13-5-6-13/h2-4,7-10,13,15,19,30,33H,5-6,11-12H2,1H3,(H,31,34). The third kappa shape index (κ3) is 3.55. The fourth-order valence-corrected chi connectivity index (χ4v) is 5.25. The maximum atomic E-state index is 13.2. The van der Waals surface area contributed by atoms with Gasteiger partial charge in [-0.05, 0) is 49.4 Å². The largest absolute Gasteiger partial charge is 0.493 e. The maximum absolute atomic E-state index is 13.2. The van der Waals surface area contributed by atoms with Gasteiger partial charge in [0.1, 0.15) is 5.52 Å². The minimum Gasteiger partial charge on any atom is -0.493 e. The average molecular weight is 502 g/mol. The average Bonchev–Trinajstić information content (AvgIpc) is 3.81. The summed E-state index contributed by atoms with van der Waals surface area (Å²) in [6.45, 7) is 0.676. The number of benzene rings is 1. The Morgan fingerprint density at radius 2 is 2.08 bits per heavy atom. The van der Waals surface area contributed by atoms with Gasteiger partial charge in [0.05, 0.1) is 46.9 Å². The number of methoxy groups -OCH3 is 1. The summed E-state index contributed by atoms with van der Waals surface area (Å²) in [6, 6.07) is 11.4. The van der Waals surface area contributed by atoms with E-state index in [1.54, 1.807) is 19.4 Å². The van der Waals surface area contributed by atoms with Gasteiger partial charge < -0.3 is 25.1 Å². The van der Waals surface area contributed by atoms with Crippen LogP contribution in [0.15, 0.2) is 42.6 Å². The van der Waals surface area contributed by atoms with E-state index in [1.807, 2.05) is 30.3 Å². The molecule has 7 rings (SSSR count). The normalized spacial score (nSPS) is 19.9. The highest BCUT2D eigenvalue weighted by atomic mass is 35.5. The van der Waals surface area contributed by atoms with Crippen LogP contribution in [0.5, 0.6) is 11.6 Å². The first-order valence-electron chi connectivity index (χ1n) is 12.2. The highest BCUT2D eigenvalue weighted by molar-refractivity contribution is 6.32. The second kappa shape index (κ2) is 8.13. The van der Waals surface area contributed by atoms with Crippen molar-refractivity contribution in [3.05, 3.63) is 58.9 Å². The number of carbonyl (C=O) groups excluding carboxylic acids is 1. The van der Waals surface area contributed by atoms with Crippen LogP contribution in [0.25, 0.3) is 22.3 Å². The number of nitrogens with one attached hydrogen (secondary N) is 3. The SMILES string of the molecule is COc1c(Cl)cccc1Nc1c(-c2ccnc3ccc(OCC4CC4)nc23)[nH]c2c1C(=O)NC1CC21. The molecule has 0 radical (unpaired) electrons. The lowest BCUT2D eigenvalue weighted by atomic mass is 10.0. The highest BCUT2D eigenvalue weighted by Gasteiger charge is 2.48. The summed E-state index contributed by atoms with van der Waals surface area (Å²) in [7, 11) is 1.57. The number of ether oxygens (including phenoxy) is 2. The molecule has 4 aromatic rings. The Morgan fingerprint density at radius 3 is 2.92 bits per heavy atom. The Morgan fingerprint density at radius 1 is 1.19 bits per heavy atom. The smallest absolute Gasteiger partial charge is 0.255 e. The van der Waals surface area contributed by atoms with E-state index in [9.17, 15) is 4.79 Å². The van der Waals surface area contributed by atoms with Crippen molar-refractivity contribution in [3.8, 4) is 22.9 Å². The Balaban J connectivity index is 1.40. The van der Waals surface area contributed by atoms with Crippen molar-refractivity contribution in [2.75, 3.05) is 19.0 Å². The summed E-state index contributed by atoms with van der Waals surface area (Å²) >= 11 is 6.40. The van der Waals surface area contributed by atoms with Crippen LogP contribution >= 0.6 is 11.6 Å². The number of halogens is 1. The molecule has 36 heavy (non-hydrogen) atoms. The molecule has 2 saturated carbocycles. The molecule has 1 amide bonds. The lowest BCUT2D eigenvalue weighted by Gasteiger charge is -2.17. The minimum atomic E-state index is -0.102. The summed E-state index contributed by atoms with van der Waals surface area (Å²) in [4.78, 5) is 26.1. The van der Waals surface area contributed by atoms with Crippen molar-refractivity contribution in [2.45, 2.75) is 31.2 Å². The van der Waals surface area contributed by atoms with Gasteiger partial charge >= 0.3 is 0 Å². The third-order valence-electron chi connectivity index (χ3n) is 7.16. The number of aromatic amines is 1. The Hall–Kier alpha value is -3.78. The number of nitrogens with zero attached hydrogens (tertiary/aromatic N) is 2. The molecule has 1 aromatic carbocycles. The van der Waals surface area contributed by atoms with Crippen LogP contribution < -0.4 is 20.1 Å². The third-order valence-corrected chi connectivity index (χ3v) is 7.45. The summed E-state index contributed by atoms with van der Waals surface area (Å²) in [6.07, 6.45) is 5.10. The number of rotatable bonds is 7. The van der Waals surface area contributed by atoms with Gasteiger partial charge in [-0.3, -0.25) is 9.78 Å². The van der Waals surface area contributed by atoms with Crippen LogP contribution in [0, 0.1) is 5.92 Å². The molecule has 9 heteroatoms. The number of aromatic nitrogens is 3. The van der Waals surface area contributed by atoms with Crippen molar-refractivity contribution in [3.63, 3.8) is 0 Å². The number of hydrogen-bond acceptors (Lipinski definition) is 6. The van der Waals surface area contributed by atoms with Crippen molar-refractivity contribution in [1.29, 1.82) is 0 Å². The van der Waals surface area contributed by atoms with Gasteiger partial charge in [-0.2, -0.15) is 0 Å². The molecular weight excluding hydrogens is 478 g/mol. The van der Waals surface area contributed by atoms with Crippen molar-refractivity contribution in [1.82, 2.24) is 20.3 Å². The van der Waals surface area contributed by atoms with E-state index in [4.69, 9.17) is 26.1 Å². The first-order valence-corrected chi connectivity index (χ1v) is 12.5. The number of carbonyl (C=O) groups is 1. The molecule has 1 aliphatic heterocycles. The zero-order valence-corrected chi connectivity index (χ0v) is 20.4. The Bertz CT molecular complexity index is 1530. The quantitative estimate of drug-likeness (QED) is 0.312. The van der Waals surface area contributed by atoms with Gasteiger partial charge in [-0.25, -0.2) is 4.98 Å². The van der Waals surface area contributed by atoms with Crippen LogP contribution in [0.1, 0.15) is 41.2 Å². The molecule has 0 saturated heterocycles. The predicted molar refractivity (Wildman–Crippen MR) is 137 cm³/mol. The van der Waals surface area contributed by atoms with Gasteiger partial charge in [-0.15, -0.1) is 0 Å². The monoisotopic (exact) mass is 501 g/mol. The van der Waals surface area contributed by atoms with Gasteiger partial charge in [0.2, 0.25) is 5.88 Å². The molecule has 2 aliphatic carbocycles. The minimum absolute atomic E-state index is 0.102. The molecule has 4 heterocycles. The van der Waals surface area contributed by atoms with Gasteiger partial charge in [0.25, 0.3) is 5.91 Å². The fourth-order valence-electron chi connectivity index (χ4n) is 5.00. The van der Waals surface area contributed by atoms with Gasteiger partial charge in [0.15, 0.2) is 5.75 Å². The second-order valence-corrected chi connectivity index (χ2v) is 10.1. The number of pyridine rings is 2. The molecule has 0 bridgehead atoms. The van der Waals surface area contributed by atoms with Crippen molar-refractivity contribution >= 4 is 39.9 Å². The number of H-pyrrole nitrogens is 1. The van der Waals surface area contributed by atoms with E-state index in [-0.39, 0.29) is 17.9 Å². The number of hydrogen-bond donors (Lipinski definition) is 3. The van der Waals surface area contributed by atoms with E-state index in [2.05, 4.69) is 20.6 Å². The van der Waals surface area contributed by atoms with Crippen LogP contribution in [0.4, 0.5) is 11.4 Å².